The number of pyridine rings is 1. The van der Waals surface area contributed by atoms with Crippen LogP contribution in [0.4, 0.5) is 0 Å². The first-order valence-electron chi connectivity index (χ1n) is 8.14. The number of benzene rings is 2. The van der Waals surface area contributed by atoms with Gasteiger partial charge in [-0.1, -0.05) is 18.2 Å². The third-order valence-electron chi connectivity index (χ3n) is 3.86. The normalized spacial score (nSPS) is 10.5. The van der Waals surface area contributed by atoms with E-state index >= 15 is 0 Å². The predicted molar refractivity (Wildman–Crippen MR) is 97.1 cm³/mol. The third-order valence-corrected chi connectivity index (χ3v) is 3.86. The van der Waals surface area contributed by atoms with Crippen molar-refractivity contribution >= 4 is 16.7 Å². The summed E-state index contributed by atoms with van der Waals surface area (Å²) in [6.07, 6.45) is 1.61. The van der Waals surface area contributed by atoms with Gasteiger partial charge in [0.05, 0.1) is 13.7 Å². The molecule has 0 aliphatic heterocycles. The number of methoxy groups -OCH3 is 1. The van der Waals surface area contributed by atoms with Crippen molar-refractivity contribution in [3.05, 3.63) is 65.9 Å². The first-order valence-corrected chi connectivity index (χ1v) is 8.14. The highest BCUT2D eigenvalue weighted by molar-refractivity contribution is 5.96. The summed E-state index contributed by atoms with van der Waals surface area (Å²) in [7, 11) is 1.65. The molecule has 1 amide bonds. The highest BCUT2D eigenvalue weighted by Gasteiger charge is 2.12. The lowest BCUT2D eigenvalue weighted by Gasteiger charge is -2.10. The molecule has 1 heterocycles. The van der Waals surface area contributed by atoms with E-state index in [9.17, 15) is 4.79 Å². The number of nitrogens with one attached hydrogen (secondary N) is 1. The van der Waals surface area contributed by atoms with Gasteiger partial charge in [-0.25, -0.2) is 4.98 Å². The Morgan fingerprint density at radius 2 is 1.92 bits per heavy atom. The van der Waals surface area contributed by atoms with E-state index in [2.05, 4.69) is 16.4 Å². The Morgan fingerprint density at radius 3 is 2.72 bits per heavy atom. The van der Waals surface area contributed by atoms with Gasteiger partial charge in [0.25, 0.3) is 5.91 Å². The van der Waals surface area contributed by atoms with E-state index in [1.807, 2.05) is 37.3 Å². The Labute approximate surface area is 146 Å². The van der Waals surface area contributed by atoms with Crippen LogP contribution in [0.25, 0.3) is 10.8 Å². The molecule has 0 fully saturated rings. The van der Waals surface area contributed by atoms with Gasteiger partial charge in [-0.05, 0) is 53.6 Å². The molecule has 5 heteroatoms. The maximum Gasteiger partial charge on any atom is 0.257 e. The monoisotopic (exact) mass is 336 g/mol. The van der Waals surface area contributed by atoms with Crippen LogP contribution in [0.15, 0.2) is 54.7 Å². The maximum absolute atomic E-state index is 12.4. The second-order valence-corrected chi connectivity index (χ2v) is 5.52. The number of fused-ring (bicyclic) bond motifs is 1. The fraction of sp³-hybridized carbons (Fsp3) is 0.200. The van der Waals surface area contributed by atoms with Crippen LogP contribution in [0.1, 0.15) is 22.8 Å². The molecule has 0 unspecified atom stereocenters. The zero-order chi connectivity index (χ0) is 17.6. The van der Waals surface area contributed by atoms with Crippen LogP contribution in [-0.4, -0.2) is 24.6 Å². The molecule has 0 bridgehead atoms. The minimum Gasteiger partial charge on any atom is -0.497 e. The number of hydrogen-bond donors (Lipinski definition) is 1. The molecule has 0 aliphatic carbocycles. The van der Waals surface area contributed by atoms with Gasteiger partial charge in [0, 0.05) is 12.7 Å². The van der Waals surface area contributed by atoms with Crippen LogP contribution >= 0.6 is 0 Å². The van der Waals surface area contributed by atoms with Crippen molar-refractivity contribution in [1.29, 1.82) is 0 Å². The molecule has 1 aromatic heterocycles. The van der Waals surface area contributed by atoms with Crippen LogP contribution in [0.3, 0.4) is 0 Å². The molecule has 0 saturated heterocycles. The number of ether oxygens (including phenoxy) is 2. The van der Waals surface area contributed by atoms with Gasteiger partial charge >= 0.3 is 0 Å². The zero-order valence-corrected chi connectivity index (χ0v) is 14.3. The summed E-state index contributed by atoms with van der Waals surface area (Å²) in [6, 6.07) is 15.4. The standard InChI is InChI=1S/C20H20N2O3/c1-3-25-20-18(5-4-10-21-20)19(23)22-13-14-6-7-16-12-17(24-2)9-8-15(16)11-14/h4-12H,3,13H2,1-2H3,(H,22,23). The Hall–Kier alpha value is -3.08. The van der Waals surface area contributed by atoms with Crippen molar-refractivity contribution in [2.75, 3.05) is 13.7 Å². The Balaban J connectivity index is 1.73. The molecule has 3 aromatic rings. The molecular formula is C20H20N2O3. The van der Waals surface area contributed by atoms with E-state index in [1.165, 1.54) is 0 Å². The number of nitrogens with zero attached hydrogens (tertiary/aromatic N) is 1. The van der Waals surface area contributed by atoms with Crippen LogP contribution < -0.4 is 14.8 Å². The average Bonchev–Trinajstić information content (AvgIpc) is 2.66. The largest absolute Gasteiger partial charge is 0.497 e. The van der Waals surface area contributed by atoms with E-state index < -0.39 is 0 Å². The van der Waals surface area contributed by atoms with Gasteiger partial charge in [-0.15, -0.1) is 0 Å². The summed E-state index contributed by atoms with van der Waals surface area (Å²) in [5.74, 6) is 0.980. The average molecular weight is 336 g/mol. The Morgan fingerprint density at radius 1 is 1.12 bits per heavy atom. The molecule has 1 N–H and O–H groups in total. The molecule has 0 atom stereocenters. The van der Waals surface area contributed by atoms with Gasteiger partial charge in [-0.2, -0.15) is 0 Å². The zero-order valence-electron chi connectivity index (χ0n) is 14.3. The molecule has 5 nitrogen and oxygen atoms in total. The number of aromatic nitrogens is 1. The van der Waals surface area contributed by atoms with E-state index in [4.69, 9.17) is 9.47 Å². The predicted octanol–water partition coefficient (Wildman–Crippen LogP) is 3.57. The summed E-state index contributed by atoms with van der Waals surface area (Å²) in [4.78, 5) is 16.5. The molecule has 0 spiro atoms. The first-order chi connectivity index (χ1) is 12.2. The minimum absolute atomic E-state index is 0.202. The van der Waals surface area contributed by atoms with Gasteiger partial charge in [0.15, 0.2) is 0 Å². The second kappa shape index (κ2) is 7.66. The quantitative estimate of drug-likeness (QED) is 0.747. The summed E-state index contributed by atoms with van der Waals surface area (Å²) >= 11 is 0. The molecule has 2 aromatic carbocycles. The van der Waals surface area contributed by atoms with Crippen LogP contribution in [0.2, 0.25) is 0 Å². The summed E-state index contributed by atoms with van der Waals surface area (Å²) in [6.45, 7) is 2.76. The van der Waals surface area contributed by atoms with Gasteiger partial charge in [0.2, 0.25) is 5.88 Å². The van der Waals surface area contributed by atoms with Gasteiger partial charge in [-0.3, -0.25) is 4.79 Å². The summed E-state index contributed by atoms with van der Waals surface area (Å²) in [5, 5.41) is 5.12. The van der Waals surface area contributed by atoms with E-state index in [1.54, 1.807) is 25.4 Å². The molecule has 0 radical (unpaired) electrons. The fourth-order valence-corrected chi connectivity index (χ4v) is 2.60. The molecule has 3 rings (SSSR count). The van der Waals surface area contributed by atoms with Crippen molar-refractivity contribution in [2.24, 2.45) is 0 Å². The Kier molecular flexibility index (Phi) is 5.14. The lowest BCUT2D eigenvalue weighted by atomic mass is 10.1. The number of carbonyl (C=O) groups is 1. The molecular weight excluding hydrogens is 316 g/mol. The minimum atomic E-state index is -0.202. The van der Waals surface area contributed by atoms with Crippen LogP contribution in [0.5, 0.6) is 11.6 Å². The summed E-state index contributed by atoms with van der Waals surface area (Å²) in [5.41, 5.74) is 1.46. The maximum atomic E-state index is 12.4. The number of carbonyl (C=O) groups excluding carboxylic acids is 1. The van der Waals surface area contributed by atoms with Crippen LogP contribution in [-0.2, 0) is 6.54 Å². The van der Waals surface area contributed by atoms with E-state index in [0.717, 1.165) is 22.1 Å². The molecule has 0 aliphatic rings. The lowest BCUT2D eigenvalue weighted by molar-refractivity contribution is 0.0946. The number of hydrogen-bond acceptors (Lipinski definition) is 4. The van der Waals surface area contributed by atoms with Crippen molar-refractivity contribution in [1.82, 2.24) is 10.3 Å². The fourth-order valence-electron chi connectivity index (χ4n) is 2.60. The van der Waals surface area contributed by atoms with E-state index in [0.29, 0.717) is 24.6 Å². The second-order valence-electron chi connectivity index (χ2n) is 5.52. The van der Waals surface area contributed by atoms with Crippen molar-refractivity contribution < 1.29 is 14.3 Å². The SMILES string of the molecule is CCOc1ncccc1C(=O)NCc1ccc2cc(OC)ccc2c1. The third kappa shape index (κ3) is 3.88. The molecule has 128 valence electrons. The smallest absolute Gasteiger partial charge is 0.257 e. The molecule has 25 heavy (non-hydrogen) atoms. The number of rotatable bonds is 6. The van der Waals surface area contributed by atoms with Gasteiger partial charge in [0.1, 0.15) is 11.3 Å². The summed E-state index contributed by atoms with van der Waals surface area (Å²) < 4.78 is 10.6. The van der Waals surface area contributed by atoms with E-state index in [-0.39, 0.29) is 5.91 Å². The molecule has 0 saturated carbocycles. The van der Waals surface area contributed by atoms with Crippen LogP contribution in [0, 0.1) is 0 Å². The highest BCUT2D eigenvalue weighted by atomic mass is 16.5. The first kappa shape index (κ1) is 16.8. The van der Waals surface area contributed by atoms with Gasteiger partial charge < -0.3 is 14.8 Å². The van der Waals surface area contributed by atoms with Crippen molar-refractivity contribution in [3.63, 3.8) is 0 Å². The van der Waals surface area contributed by atoms with Crippen molar-refractivity contribution in [3.8, 4) is 11.6 Å². The topological polar surface area (TPSA) is 60.5 Å². The Bertz CT molecular complexity index is 893. The lowest BCUT2D eigenvalue weighted by Crippen LogP contribution is -2.23. The number of amides is 1. The van der Waals surface area contributed by atoms with Crippen molar-refractivity contribution in [2.45, 2.75) is 13.5 Å². The highest BCUT2D eigenvalue weighted by Crippen LogP contribution is 2.22.